The van der Waals surface area contributed by atoms with Crippen LogP contribution >= 0.6 is 0 Å². The zero-order valence-corrected chi connectivity index (χ0v) is 17.9. The van der Waals surface area contributed by atoms with Crippen molar-refractivity contribution in [3.05, 3.63) is 28.7 Å². The van der Waals surface area contributed by atoms with Gasteiger partial charge < -0.3 is 4.90 Å². The summed E-state index contributed by atoms with van der Waals surface area (Å²) < 4.78 is 25.6. The van der Waals surface area contributed by atoms with Crippen molar-refractivity contribution in [1.82, 2.24) is 19.5 Å². The quantitative estimate of drug-likeness (QED) is 0.686. The molecule has 0 aliphatic heterocycles. The lowest BCUT2D eigenvalue weighted by atomic mass is 10.1. The van der Waals surface area contributed by atoms with Crippen LogP contribution in [0, 0.1) is 20.8 Å². The molecule has 2 heterocycles. The normalized spacial score (nSPS) is 13.1. The Morgan fingerprint density at radius 2 is 1.93 bits per heavy atom. The Morgan fingerprint density at radius 3 is 2.52 bits per heavy atom. The van der Waals surface area contributed by atoms with E-state index in [0.29, 0.717) is 19.4 Å². The molecule has 0 radical (unpaired) electrons. The lowest BCUT2D eigenvalue weighted by molar-refractivity contribution is -0.132. The van der Waals surface area contributed by atoms with Crippen LogP contribution in [0.4, 0.5) is 0 Å². The number of carbonyl (C=O) groups excluding carboxylic acids is 1. The first kappa shape index (κ1) is 21.3. The molecular formula is C19H30N4O3S. The highest BCUT2D eigenvalue weighted by Crippen LogP contribution is 2.18. The number of fused-ring (bicyclic) bond motifs is 1. The number of sulfone groups is 1. The van der Waals surface area contributed by atoms with Crippen LogP contribution in [-0.4, -0.2) is 57.9 Å². The average Bonchev–Trinajstić information content (AvgIpc) is 2.95. The summed E-state index contributed by atoms with van der Waals surface area (Å²) in [5.74, 6) is 0.0596. The van der Waals surface area contributed by atoms with Crippen LogP contribution in [0.5, 0.6) is 0 Å². The molecule has 0 fully saturated rings. The van der Waals surface area contributed by atoms with Crippen LogP contribution in [0.25, 0.3) is 5.65 Å². The summed E-state index contributed by atoms with van der Waals surface area (Å²) in [6.07, 6.45) is 0.877. The molecule has 0 bridgehead atoms. The van der Waals surface area contributed by atoms with Gasteiger partial charge in [-0.1, -0.05) is 6.92 Å². The Morgan fingerprint density at radius 1 is 1.26 bits per heavy atom. The molecule has 2 rings (SSSR count). The van der Waals surface area contributed by atoms with Crippen molar-refractivity contribution in [3.63, 3.8) is 0 Å². The number of rotatable bonds is 8. The van der Waals surface area contributed by atoms with Crippen LogP contribution in [0.1, 0.15) is 49.8 Å². The highest BCUT2D eigenvalue weighted by molar-refractivity contribution is 7.91. The van der Waals surface area contributed by atoms with E-state index < -0.39 is 9.84 Å². The second-order valence-electron chi connectivity index (χ2n) is 7.04. The Labute approximate surface area is 161 Å². The SMILES string of the molecule is CCN(C(=O)CCc1c(C)nc2cc(C)nn2c1C)C(C)CS(=O)(=O)CC. The van der Waals surface area contributed by atoms with E-state index >= 15 is 0 Å². The van der Waals surface area contributed by atoms with Crippen molar-refractivity contribution in [1.29, 1.82) is 0 Å². The summed E-state index contributed by atoms with van der Waals surface area (Å²) in [7, 11) is -3.13. The molecule has 0 aromatic carbocycles. The van der Waals surface area contributed by atoms with Crippen LogP contribution in [0.2, 0.25) is 0 Å². The molecule has 8 heteroatoms. The third kappa shape index (κ3) is 4.86. The van der Waals surface area contributed by atoms with Gasteiger partial charge in [0.1, 0.15) is 0 Å². The van der Waals surface area contributed by atoms with E-state index in [1.807, 2.05) is 38.3 Å². The summed E-state index contributed by atoms with van der Waals surface area (Å²) >= 11 is 0. The molecule has 7 nitrogen and oxygen atoms in total. The minimum atomic E-state index is -3.13. The maximum Gasteiger partial charge on any atom is 0.223 e. The van der Waals surface area contributed by atoms with Crippen LogP contribution < -0.4 is 0 Å². The molecule has 0 N–H and O–H groups in total. The molecule has 2 aromatic rings. The smallest absolute Gasteiger partial charge is 0.223 e. The molecule has 0 aliphatic rings. The predicted octanol–water partition coefficient (Wildman–Crippen LogP) is 2.26. The minimum absolute atomic E-state index is 0.00120. The van der Waals surface area contributed by atoms with Gasteiger partial charge in [-0.25, -0.2) is 17.9 Å². The van der Waals surface area contributed by atoms with Crippen molar-refractivity contribution in [3.8, 4) is 0 Å². The van der Waals surface area contributed by atoms with E-state index in [-0.39, 0.29) is 23.5 Å². The first-order chi connectivity index (χ1) is 12.6. The van der Waals surface area contributed by atoms with Gasteiger partial charge in [0.05, 0.1) is 11.4 Å². The van der Waals surface area contributed by atoms with Crippen molar-refractivity contribution in [2.45, 2.75) is 60.4 Å². The number of hydrogen-bond donors (Lipinski definition) is 0. The van der Waals surface area contributed by atoms with Gasteiger partial charge in [0.25, 0.3) is 0 Å². The fraction of sp³-hybridized carbons (Fsp3) is 0.632. The summed E-state index contributed by atoms with van der Waals surface area (Å²) in [6.45, 7) is 11.7. The number of carbonyl (C=O) groups is 1. The van der Waals surface area contributed by atoms with E-state index in [0.717, 1.165) is 28.3 Å². The lowest BCUT2D eigenvalue weighted by Gasteiger charge is -2.28. The zero-order valence-electron chi connectivity index (χ0n) is 17.1. The topological polar surface area (TPSA) is 84.6 Å². The number of nitrogens with zero attached hydrogens (tertiary/aromatic N) is 4. The van der Waals surface area contributed by atoms with Crippen molar-refractivity contribution >= 4 is 21.4 Å². The van der Waals surface area contributed by atoms with Crippen molar-refractivity contribution in [2.75, 3.05) is 18.1 Å². The van der Waals surface area contributed by atoms with Gasteiger partial charge in [-0.2, -0.15) is 5.10 Å². The van der Waals surface area contributed by atoms with Gasteiger partial charge in [-0.3, -0.25) is 4.79 Å². The third-order valence-corrected chi connectivity index (χ3v) is 6.87. The third-order valence-electron chi connectivity index (χ3n) is 5.00. The number of aromatic nitrogens is 3. The van der Waals surface area contributed by atoms with Crippen molar-refractivity contribution < 1.29 is 13.2 Å². The highest BCUT2D eigenvalue weighted by Gasteiger charge is 2.23. The monoisotopic (exact) mass is 394 g/mol. The van der Waals surface area contributed by atoms with E-state index in [1.54, 1.807) is 18.7 Å². The average molecular weight is 395 g/mol. The Bertz CT molecular complexity index is 934. The molecule has 0 saturated heterocycles. The van der Waals surface area contributed by atoms with Crippen LogP contribution in [0.15, 0.2) is 6.07 Å². The molecule has 1 unspecified atom stereocenters. The maximum atomic E-state index is 12.7. The van der Waals surface area contributed by atoms with Crippen LogP contribution in [0.3, 0.4) is 0 Å². The van der Waals surface area contributed by atoms with Gasteiger partial charge in [0, 0.05) is 42.2 Å². The van der Waals surface area contributed by atoms with Crippen LogP contribution in [-0.2, 0) is 21.1 Å². The van der Waals surface area contributed by atoms with Gasteiger partial charge in [-0.15, -0.1) is 0 Å². The molecule has 2 aromatic heterocycles. The first-order valence-corrected chi connectivity index (χ1v) is 11.2. The fourth-order valence-corrected chi connectivity index (χ4v) is 4.64. The molecule has 0 spiro atoms. The molecule has 1 atom stereocenters. The molecular weight excluding hydrogens is 364 g/mol. The summed E-state index contributed by atoms with van der Waals surface area (Å²) in [6, 6.07) is 1.60. The van der Waals surface area contributed by atoms with Gasteiger partial charge in [-0.05, 0) is 46.6 Å². The maximum absolute atomic E-state index is 12.7. The second kappa shape index (κ2) is 8.37. The zero-order chi connectivity index (χ0) is 20.4. The van der Waals surface area contributed by atoms with E-state index in [1.165, 1.54) is 0 Å². The number of hydrogen-bond acceptors (Lipinski definition) is 5. The highest BCUT2D eigenvalue weighted by atomic mass is 32.2. The summed E-state index contributed by atoms with van der Waals surface area (Å²) in [5, 5.41) is 4.46. The molecule has 1 amide bonds. The van der Waals surface area contributed by atoms with Gasteiger partial charge in [0.2, 0.25) is 5.91 Å². The van der Waals surface area contributed by atoms with E-state index in [4.69, 9.17) is 0 Å². The number of aryl methyl sites for hydroxylation is 3. The summed E-state index contributed by atoms with van der Waals surface area (Å²) in [4.78, 5) is 19.0. The lowest BCUT2D eigenvalue weighted by Crippen LogP contribution is -2.42. The minimum Gasteiger partial charge on any atom is -0.339 e. The Balaban J connectivity index is 2.15. The van der Waals surface area contributed by atoms with Gasteiger partial charge in [0.15, 0.2) is 15.5 Å². The van der Waals surface area contributed by atoms with E-state index in [2.05, 4.69) is 10.1 Å². The Hall–Kier alpha value is -1.96. The number of amides is 1. The standard InChI is InChI=1S/C19H30N4O3S/c1-7-22(14(4)12-27(25,26)8-2)19(24)10-9-17-15(5)20-18-11-13(3)21-23(18)16(17)6/h11,14H,7-10,12H2,1-6H3. The summed E-state index contributed by atoms with van der Waals surface area (Å²) in [5.41, 5.74) is 4.62. The first-order valence-electron chi connectivity index (χ1n) is 9.42. The predicted molar refractivity (Wildman–Crippen MR) is 107 cm³/mol. The second-order valence-corrected chi connectivity index (χ2v) is 9.44. The molecule has 150 valence electrons. The van der Waals surface area contributed by atoms with Gasteiger partial charge >= 0.3 is 0 Å². The fourth-order valence-electron chi connectivity index (χ4n) is 3.49. The van der Waals surface area contributed by atoms with E-state index in [9.17, 15) is 13.2 Å². The van der Waals surface area contributed by atoms with Crippen molar-refractivity contribution in [2.24, 2.45) is 0 Å². The molecule has 0 aliphatic carbocycles. The Kier molecular flexibility index (Phi) is 6.62. The molecule has 0 saturated carbocycles. The largest absolute Gasteiger partial charge is 0.339 e. The molecule has 27 heavy (non-hydrogen) atoms.